The molecule has 1 heterocycles. The quantitative estimate of drug-likeness (QED) is 0.760. The van der Waals surface area contributed by atoms with Crippen LogP contribution in [0.1, 0.15) is 18.5 Å². The molecule has 0 saturated heterocycles. The van der Waals surface area contributed by atoms with E-state index in [1.165, 1.54) is 0 Å². The number of methoxy groups -OCH3 is 1. The Labute approximate surface area is 175 Å². The number of ether oxygens (including phenoxy) is 1. The molecule has 7 heteroatoms. The van der Waals surface area contributed by atoms with Crippen LogP contribution in [0, 0.1) is 0 Å². The summed E-state index contributed by atoms with van der Waals surface area (Å²) in [7, 11) is 5.08. The molecule has 0 saturated carbocycles. The van der Waals surface area contributed by atoms with E-state index < -0.39 is 6.04 Å². The van der Waals surface area contributed by atoms with Crippen LogP contribution in [0.5, 0.6) is 5.75 Å². The van der Waals surface area contributed by atoms with Crippen LogP contribution in [0.15, 0.2) is 59.8 Å². The summed E-state index contributed by atoms with van der Waals surface area (Å²) in [6.45, 7) is 1.90. The van der Waals surface area contributed by atoms with Gasteiger partial charge in [0.05, 0.1) is 24.4 Å². The Bertz CT molecular complexity index is 958. The van der Waals surface area contributed by atoms with Crippen LogP contribution in [0.25, 0.3) is 0 Å². The van der Waals surface area contributed by atoms with Crippen molar-refractivity contribution in [1.29, 1.82) is 0 Å². The van der Waals surface area contributed by atoms with Gasteiger partial charge >= 0.3 is 0 Å². The van der Waals surface area contributed by atoms with Crippen LogP contribution in [0.4, 0.5) is 5.69 Å². The van der Waals surface area contributed by atoms with Crippen molar-refractivity contribution in [3.63, 3.8) is 0 Å². The molecular weight excluding hydrogens is 394 g/mol. The first-order chi connectivity index (χ1) is 13.3. The minimum atomic E-state index is -0.396. The van der Waals surface area contributed by atoms with E-state index >= 15 is 0 Å². The summed E-state index contributed by atoms with van der Waals surface area (Å²) in [4.78, 5) is 16.5. The van der Waals surface area contributed by atoms with Crippen molar-refractivity contribution in [1.82, 2.24) is 10.2 Å². The summed E-state index contributed by atoms with van der Waals surface area (Å²) in [5.41, 5.74) is 3.00. The van der Waals surface area contributed by atoms with Crippen LogP contribution in [0.2, 0.25) is 5.02 Å². The lowest BCUT2D eigenvalue weighted by molar-refractivity contribution is -0.125. The minimum absolute atomic E-state index is 0.0997. The standard InChI is InChI=1S/C21H22ClN3O2S/c1-13-18(20(26)24(2)3)19(14-8-7-9-15(22)12-14)23-21(28)25(13)16-10-5-6-11-17(16)27-4/h5-12,19H,1-4H3,(H,23,28). The second kappa shape index (κ2) is 8.20. The highest BCUT2D eigenvalue weighted by Gasteiger charge is 2.36. The maximum atomic E-state index is 13.1. The lowest BCUT2D eigenvalue weighted by atomic mass is 9.93. The summed E-state index contributed by atoms with van der Waals surface area (Å²) in [6.07, 6.45) is 0. The van der Waals surface area contributed by atoms with E-state index in [0.29, 0.717) is 21.5 Å². The number of nitrogens with one attached hydrogen (secondary N) is 1. The lowest BCUT2D eigenvalue weighted by Gasteiger charge is -2.39. The zero-order valence-corrected chi connectivity index (χ0v) is 17.8. The van der Waals surface area contributed by atoms with E-state index in [2.05, 4.69) is 5.32 Å². The number of nitrogens with zero attached hydrogens (tertiary/aromatic N) is 2. The molecule has 2 aromatic carbocycles. The molecule has 5 nitrogen and oxygen atoms in total. The van der Waals surface area contributed by atoms with Crippen LogP contribution >= 0.6 is 23.8 Å². The third-order valence-electron chi connectivity index (χ3n) is 4.63. The molecule has 0 aliphatic carbocycles. The van der Waals surface area contributed by atoms with Gasteiger partial charge in [-0.3, -0.25) is 9.69 Å². The number of anilines is 1. The molecule has 1 aliphatic rings. The second-order valence-electron chi connectivity index (χ2n) is 6.64. The fourth-order valence-electron chi connectivity index (χ4n) is 3.30. The highest BCUT2D eigenvalue weighted by atomic mass is 35.5. The molecule has 28 heavy (non-hydrogen) atoms. The molecular formula is C21H22ClN3O2S. The van der Waals surface area contributed by atoms with Gasteiger partial charge in [-0.1, -0.05) is 35.9 Å². The lowest BCUT2D eigenvalue weighted by Crippen LogP contribution is -2.49. The number of hydrogen-bond donors (Lipinski definition) is 1. The van der Waals surface area contributed by atoms with Gasteiger partial charge in [-0.15, -0.1) is 0 Å². The summed E-state index contributed by atoms with van der Waals surface area (Å²) in [5, 5.41) is 4.41. The van der Waals surface area contributed by atoms with Gasteiger partial charge in [0.25, 0.3) is 5.91 Å². The Kier molecular flexibility index (Phi) is 5.91. The maximum absolute atomic E-state index is 13.1. The first-order valence-corrected chi connectivity index (χ1v) is 9.55. The number of amides is 1. The van der Waals surface area contributed by atoms with E-state index in [0.717, 1.165) is 16.9 Å². The zero-order chi connectivity index (χ0) is 20.4. The molecule has 0 aromatic heterocycles. The van der Waals surface area contributed by atoms with Crippen molar-refractivity contribution in [2.24, 2.45) is 0 Å². The number of para-hydroxylation sites is 2. The second-order valence-corrected chi connectivity index (χ2v) is 7.47. The Morgan fingerprint density at radius 2 is 1.93 bits per heavy atom. The average Bonchev–Trinajstić information content (AvgIpc) is 2.67. The van der Waals surface area contributed by atoms with Crippen molar-refractivity contribution in [3.05, 3.63) is 70.4 Å². The monoisotopic (exact) mass is 415 g/mol. The Hall–Kier alpha value is -2.57. The summed E-state index contributed by atoms with van der Waals surface area (Å²) < 4.78 is 5.50. The number of benzene rings is 2. The van der Waals surface area contributed by atoms with Crippen molar-refractivity contribution in [2.75, 3.05) is 26.1 Å². The number of rotatable bonds is 4. The molecule has 1 amide bonds. The fourth-order valence-corrected chi connectivity index (χ4v) is 3.85. The number of hydrogen-bond acceptors (Lipinski definition) is 3. The highest BCUT2D eigenvalue weighted by molar-refractivity contribution is 7.80. The van der Waals surface area contributed by atoms with Crippen LogP contribution in [0.3, 0.4) is 0 Å². The van der Waals surface area contributed by atoms with Crippen LogP contribution in [-0.4, -0.2) is 37.1 Å². The first-order valence-electron chi connectivity index (χ1n) is 8.76. The fraction of sp³-hybridized carbons (Fsp3) is 0.238. The van der Waals surface area contributed by atoms with Gasteiger partial charge in [-0.05, 0) is 49.0 Å². The predicted octanol–water partition coefficient (Wildman–Crippen LogP) is 4.15. The molecule has 2 aromatic rings. The molecule has 3 rings (SSSR count). The average molecular weight is 416 g/mol. The van der Waals surface area contributed by atoms with Crippen molar-refractivity contribution in [3.8, 4) is 5.75 Å². The molecule has 1 unspecified atom stereocenters. The smallest absolute Gasteiger partial charge is 0.253 e. The van der Waals surface area contributed by atoms with Gasteiger partial charge in [-0.25, -0.2) is 0 Å². The third kappa shape index (κ3) is 3.70. The maximum Gasteiger partial charge on any atom is 0.253 e. The minimum Gasteiger partial charge on any atom is -0.495 e. The van der Waals surface area contributed by atoms with Gasteiger partial charge in [-0.2, -0.15) is 0 Å². The zero-order valence-electron chi connectivity index (χ0n) is 16.2. The Balaban J connectivity index is 2.20. The van der Waals surface area contributed by atoms with Crippen LogP contribution in [-0.2, 0) is 4.79 Å². The number of carbonyl (C=O) groups is 1. The van der Waals surface area contributed by atoms with Crippen molar-refractivity contribution >= 4 is 40.5 Å². The molecule has 1 atom stereocenters. The largest absolute Gasteiger partial charge is 0.495 e. The van der Waals surface area contributed by atoms with Crippen molar-refractivity contribution in [2.45, 2.75) is 13.0 Å². The number of allylic oxidation sites excluding steroid dienone is 1. The van der Waals surface area contributed by atoms with Crippen molar-refractivity contribution < 1.29 is 9.53 Å². The van der Waals surface area contributed by atoms with E-state index in [4.69, 9.17) is 28.6 Å². The first kappa shape index (κ1) is 20.2. The van der Waals surface area contributed by atoms with Gasteiger partial charge < -0.3 is 15.0 Å². The molecule has 0 bridgehead atoms. The van der Waals surface area contributed by atoms with Gasteiger partial charge in [0.1, 0.15) is 5.75 Å². The number of halogens is 1. The molecule has 0 fully saturated rings. The Morgan fingerprint density at radius 1 is 1.21 bits per heavy atom. The van der Waals surface area contributed by atoms with E-state index in [9.17, 15) is 4.79 Å². The van der Waals surface area contributed by atoms with Gasteiger partial charge in [0.2, 0.25) is 0 Å². The van der Waals surface area contributed by atoms with Crippen LogP contribution < -0.4 is 15.0 Å². The molecule has 146 valence electrons. The topological polar surface area (TPSA) is 44.8 Å². The normalized spacial score (nSPS) is 16.7. The van der Waals surface area contributed by atoms with E-state index in [1.807, 2.05) is 54.3 Å². The number of likely N-dealkylation sites (N-methyl/N-ethyl adjacent to an activating group) is 1. The highest BCUT2D eigenvalue weighted by Crippen LogP contribution is 2.38. The number of thiocarbonyl (C=S) groups is 1. The van der Waals surface area contributed by atoms with E-state index in [-0.39, 0.29) is 5.91 Å². The molecule has 0 radical (unpaired) electrons. The molecule has 1 N–H and O–H groups in total. The van der Waals surface area contributed by atoms with Gasteiger partial charge in [0, 0.05) is 24.8 Å². The third-order valence-corrected chi connectivity index (χ3v) is 5.16. The summed E-state index contributed by atoms with van der Waals surface area (Å²) in [6, 6.07) is 14.6. The predicted molar refractivity (Wildman–Crippen MR) is 117 cm³/mol. The summed E-state index contributed by atoms with van der Waals surface area (Å²) in [5.74, 6) is 0.571. The Morgan fingerprint density at radius 3 is 2.57 bits per heavy atom. The van der Waals surface area contributed by atoms with Gasteiger partial charge in [0.15, 0.2) is 5.11 Å². The molecule has 1 aliphatic heterocycles. The SMILES string of the molecule is COc1ccccc1N1C(=S)NC(c2cccc(Cl)c2)C(C(=O)N(C)C)=C1C. The van der Waals surface area contributed by atoms with E-state index in [1.54, 1.807) is 32.2 Å². The molecule has 0 spiro atoms. The summed E-state index contributed by atoms with van der Waals surface area (Å²) >= 11 is 11.9. The number of carbonyl (C=O) groups excluding carboxylic acids is 1.